The van der Waals surface area contributed by atoms with E-state index in [0.29, 0.717) is 24.1 Å². The molecule has 3 N–H and O–H groups in total. The average molecular weight is 388 g/mol. The number of nitrogens with one attached hydrogen (secondary N) is 1. The number of hydrogen-bond donors (Lipinski definition) is 3. The van der Waals surface area contributed by atoms with E-state index in [1.165, 1.54) is 12.1 Å². The minimum Gasteiger partial charge on any atom is -0.394 e. The summed E-state index contributed by atoms with van der Waals surface area (Å²) in [5.41, 5.74) is 4.03. The summed E-state index contributed by atoms with van der Waals surface area (Å²) in [6.45, 7) is 1.93. The molecule has 1 aromatic carbocycles. The van der Waals surface area contributed by atoms with Gasteiger partial charge in [-0.25, -0.2) is 4.39 Å². The normalized spacial score (nSPS) is 14.6. The van der Waals surface area contributed by atoms with Gasteiger partial charge in [-0.05, 0) is 43.0 Å². The Kier molecular flexibility index (Phi) is 6.26. The number of Topliss-reactive ketones (excluding diaryl/α,β-unsaturated/α-hetero) is 1. The third-order valence-corrected chi connectivity index (χ3v) is 5.19. The van der Waals surface area contributed by atoms with E-state index < -0.39 is 12.7 Å². The number of carbonyl (C=O) groups excluding carboxylic acids is 2. The number of hydrogen-bond acceptors (Lipinski definition) is 4. The third-order valence-electron chi connectivity index (χ3n) is 5.19. The van der Waals surface area contributed by atoms with E-state index in [1.807, 2.05) is 11.5 Å². The summed E-state index contributed by atoms with van der Waals surface area (Å²) in [5, 5.41) is 20.8. The lowest BCUT2D eigenvalue weighted by molar-refractivity contribution is -0.121. The van der Waals surface area contributed by atoms with Crippen molar-refractivity contribution in [3.05, 3.63) is 58.2 Å². The first-order valence-corrected chi connectivity index (χ1v) is 9.44. The second-order valence-electron chi connectivity index (χ2n) is 7.19. The fourth-order valence-electron chi connectivity index (χ4n) is 3.71. The van der Waals surface area contributed by atoms with Crippen molar-refractivity contribution in [2.75, 3.05) is 13.2 Å². The molecule has 3 rings (SSSR count). The molecule has 0 unspecified atom stereocenters. The first-order valence-electron chi connectivity index (χ1n) is 9.44. The number of halogens is 1. The smallest absolute Gasteiger partial charge is 0.224 e. The van der Waals surface area contributed by atoms with Crippen LogP contribution in [-0.4, -0.2) is 45.7 Å². The SMILES string of the molecule is Cc1c(CC(=O)NC[C@H](O)CO)c2c(n1Cc1ccc(F)cc1)CCCC2=O. The maximum atomic E-state index is 13.2. The van der Waals surface area contributed by atoms with Gasteiger partial charge in [0.25, 0.3) is 0 Å². The Morgan fingerprint density at radius 2 is 2.00 bits per heavy atom. The van der Waals surface area contributed by atoms with E-state index >= 15 is 0 Å². The lowest BCUT2D eigenvalue weighted by Gasteiger charge is -2.16. The molecule has 0 fully saturated rings. The summed E-state index contributed by atoms with van der Waals surface area (Å²) in [6.07, 6.45) is 1.02. The molecule has 28 heavy (non-hydrogen) atoms. The molecule has 1 aromatic heterocycles. The summed E-state index contributed by atoms with van der Waals surface area (Å²) in [6, 6.07) is 6.25. The second kappa shape index (κ2) is 8.67. The Hall–Kier alpha value is -2.51. The maximum Gasteiger partial charge on any atom is 0.224 e. The van der Waals surface area contributed by atoms with Gasteiger partial charge < -0.3 is 20.1 Å². The van der Waals surface area contributed by atoms with Crippen LogP contribution in [0.2, 0.25) is 0 Å². The molecule has 0 saturated heterocycles. The number of rotatable bonds is 7. The number of aliphatic hydroxyl groups is 2. The average Bonchev–Trinajstić information content (AvgIpc) is 2.94. The van der Waals surface area contributed by atoms with Crippen LogP contribution in [0.1, 0.15) is 45.7 Å². The highest BCUT2D eigenvalue weighted by molar-refractivity contribution is 6.01. The molecule has 1 aliphatic rings. The quantitative estimate of drug-likeness (QED) is 0.671. The lowest BCUT2D eigenvalue weighted by atomic mass is 9.92. The fourth-order valence-corrected chi connectivity index (χ4v) is 3.71. The van der Waals surface area contributed by atoms with Crippen LogP contribution in [0, 0.1) is 12.7 Å². The van der Waals surface area contributed by atoms with E-state index in [-0.39, 0.29) is 30.5 Å². The highest BCUT2D eigenvalue weighted by atomic mass is 19.1. The molecule has 1 atom stereocenters. The Morgan fingerprint density at radius 1 is 1.29 bits per heavy atom. The molecule has 0 aliphatic heterocycles. The van der Waals surface area contributed by atoms with Crippen LogP contribution in [0.3, 0.4) is 0 Å². The van der Waals surface area contributed by atoms with E-state index in [0.717, 1.165) is 29.8 Å². The van der Waals surface area contributed by atoms with Crippen molar-refractivity contribution in [2.24, 2.45) is 0 Å². The van der Waals surface area contributed by atoms with Crippen LogP contribution in [0.5, 0.6) is 0 Å². The largest absolute Gasteiger partial charge is 0.394 e. The van der Waals surface area contributed by atoms with E-state index in [1.54, 1.807) is 12.1 Å². The highest BCUT2D eigenvalue weighted by Gasteiger charge is 2.29. The molecule has 0 radical (unpaired) electrons. The molecule has 0 saturated carbocycles. The second-order valence-corrected chi connectivity index (χ2v) is 7.19. The molecule has 0 spiro atoms. The summed E-state index contributed by atoms with van der Waals surface area (Å²) in [5.74, 6) is -0.566. The van der Waals surface area contributed by atoms with Crippen LogP contribution in [0.15, 0.2) is 24.3 Å². The summed E-state index contributed by atoms with van der Waals surface area (Å²) >= 11 is 0. The standard InChI is InChI=1S/C21H25FN2O4/c1-13-17(9-20(28)23-10-16(26)12-25)21-18(3-2-4-19(21)27)24(13)11-14-5-7-15(22)8-6-14/h5-8,16,25-26H,2-4,9-12H2,1H3,(H,23,28)/t16-/m0/s1. The zero-order valence-corrected chi connectivity index (χ0v) is 15.9. The zero-order chi connectivity index (χ0) is 20.3. The van der Waals surface area contributed by atoms with E-state index in [9.17, 15) is 19.1 Å². The minimum atomic E-state index is -1.01. The number of aromatic nitrogens is 1. The van der Waals surface area contributed by atoms with Crippen molar-refractivity contribution in [1.29, 1.82) is 0 Å². The van der Waals surface area contributed by atoms with Gasteiger partial charge in [0, 0.05) is 36.5 Å². The van der Waals surface area contributed by atoms with Crippen molar-refractivity contribution >= 4 is 11.7 Å². The van der Waals surface area contributed by atoms with Gasteiger partial charge in [0.1, 0.15) is 5.82 Å². The molecule has 0 bridgehead atoms. The number of carbonyl (C=O) groups is 2. The molecular weight excluding hydrogens is 363 g/mol. The fraction of sp³-hybridized carbons (Fsp3) is 0.429. The van der Waals surface area contributed by atoms with E-state index in [2.05, 4.69) is 5.32 Å². The number of nitrogens with zero attached hydrogens (tertiary/aromatic N) is 1. The summed E-state index contributed by atoms with van der Waals surface area (Å²) in [7, 11) is 0. The first-order chi connectivity index (χ1) is 13.4. The Morgan fingerprint density at radius 3 is 2.68 bits per heavy atom. The van der Waals surface area contributed by atoms with Gasteiger partial charge in [0.15, 0.2) is 5.78 Å². The van der Waals surface area contributed by atoms with Crippen LogP contribution < -0.4 is 5.32 Å². The molecule has 2 aromatic rings. The van der Waals surface area contributed by atoms with Gasteiger partial charge >= 0.3 is 0 Å². The van der Waals surface area contributed by atoms with Gasteiger partial charge in [-0.1, -0.05) is 12.1 Å². The van der Waals surface area contributed by atoms with E-state index in [4.69, 9.17) is 5.11 Å². The molecule has 1 aliphatic carbocycles. The Labute approximate surface area is 163 Å². The molecule has 7 heteroatoms. The Balaban J connectivity index is 1.89. The predicted octanol–water partition coefficient (Wildman–Crippen LogP) is 1.51. The van der Waals surface area contributed by atoms with Gasteiger partial charge in [0.05, 0.1) is 19.1 Å². The first kappa shape index (κ1) is 20.2. The molecule has 6 nitrogen and oxygen atoms in total. The number of fused-ring (bicyclic) bond motifs is 1. The van der Waals surface area contributed by atoms with Gasteiger partial charge in [-0.15, -0.1) is 0 Å². The van der Waals surface area contributed by atoms with Crippen molar-refractivity contribution in [3.63, 3.8) is 0 Å². The molecule has 1 amide bonds. The molecular formula is C21H25FN2O4. The molecule has 1 heterocycles. The number of aliphatic hydroxyl groups excluding tert-OH is 2. The van der Waals surface area contributed by atoms with Crippen molar-refractivity contribution in [3.8, 4) is 0 Å². The third kappa shape index (κ3) is 4.31. The van der Waals surface area contributed by atoms with Crippen LogP contribution in [-0.2, 0) is 24.2 Å². The lowest BCUT2D eigenvalue weighted by Crippen LogP contribution is -2.35. The van der Waals surface area contributed by atoms with Gasteiger partial charge in [0.2, 0.25) is 5.91 Å². The van der Waals surface area contributed by atoms with Crippen LogP contribution in [0.4, 0.5) is 4.39 Å². The Bertz CT molecular complexity index is 874. The zero-order valence-electron chi connectivity index (χ0n) is 15.9. The number of ketones is 1. The minimum absolute atomic E-state index is 0.0362. The summed E-state index contributed by atoms with van der Waals surface area (Å²) in [4.78, 5) is 24.9. The highest BCUT2D eigenvalue weighted by Crippen LogP contribution is 2.31. The molecule has 150 valence electrons. The number of amides is 1. The summed E-state index contributed by atoms with van der Waals surface area (Å²) < 4.78 is 15.2. The van der Waals surface area contributed by atoms with Crippen LogP contribution in [0.25, 0.3) is 0 Å². The van der Waals surface area contributed by atoms with Gasteiger partial charge in [-0.2, -0.15) is 0 Å². The van der Waals surface area contributed by atoms with Gasteiger partial charge in [-0.3, -0.25) is 9.59 Å². The predicted molar refractivity (Wildman–Crippen MR) is 102 cm³/mol. The number of benzene rings is 1. The van der Waals surface area contributed by atoms with Crippen molar-refractivity contribution in [1.82, 2.24) is 9.88 Å². The van der Waals surface area contributed by atoms with Crippen LogP contribution >= 0.6 is 0 Å². The van der Waals surface area contributed by atoms with Crippen molar-refractivity contribution in [2.45, 2.75) is 45.3 Å². The van der Waals surface area contributed by atoms with Crippen molar-refractivity contribution < 1.29 is 24.2 Å². The monoisotopic (exact) mass is 388 g/mol. The maximum absolute atomic E-state index is 13.2. The topological polar surface area (TPSA) is 91.6 Å².